The molecule has 0 saturated carbocycles. The Morgan fingerprint density at radius 1 is 0.971 bits per heavy atom. The first-order valence-corrected chi connectivity index (χ1v) is 12.5. The van der Waals surface area contributed by atoms with Crippen LogP contribution in [0.2, 0.25) is 0 Å². The Labute approximate surface area is 207 Å². The van der Waals surface area contributed by atoms with E-state index in [9.17, 15) is 14.9 Å². The smallest absolute Gasteiger partial charge is 0.271 e. The Bertz CT molecular complexity index is 1470. The van der Waals surface area contributed by atoms with E-state index in [4.69, 9.17) is 5.26 Å². The minimum absolute atomic E-state index is 0.0790. The number of amides is 1. The number of para-hydroxylation sites is 1. The third-order valence-electron chi connectivity index (χ3n) is 6.48. The van der Waals surface area contributed by atoms with Crippen LogP contribution in [0, 0.1) is 22.7 Å². The molecule has 3 aromatic rings. The summed E-state index contributed by atoms with van der Waals surface area (Å²) in [5.74, 6) is 1.03. The molecule has 1 aromatic heterocycles. The summed E-state index contributed by atoms with van der Waals surface area (Å²) >= 11 is 1.61. The molecule has 0 unspecified atom stereocenters. The highest BCUT2D eigenvalue weighted by Gasteiger charge is 2.28. The first kappa shape index (κ1) is 22.8. The van der Waals surface area contributed by atoms with Gasteiger partial charge in [0, 0.05) is 37.3 Å². The fourth-order valence-electron chi connectivity index (χ4n) is 4.70. The summed E-state index contributed by atoms with van der Waals surface area (Å²) in [5.41, 5.74) is 2.61. The summed E-state index contributed by atoms with van der Waals surface area (Å²) in [6.45, 7) is 2.51. The molecule has 2 aliphatic rings. The van der Waals surface area contributed by atoms with Crippen LogP contribution in [0.1, 0.15) is 23.1 Å². The van der Waals surface area contributed by atoms with Gasteiger partial charge >= 0.3 is 0 Å². The molecule has 8 heteroatoms. The van der Waals surface area contributed by atoms with Crippen molar-refractivity contribution in [3.63, 3.8) is 0 Å². The zero-order valence-corrected chi connectivity index (χ0v) is 19.9. The Hall–Kier alpha value is -4.01. The van der Waals surface area contributed by atoms with E-state index in [1.807, 2.05) is 47.4 Å². The molecule has 0 aliphatic carbocycles. The van der Waals surface area contributed by atoms with Gasteiger partial charge in [-0.1, -0.05) is 36.4 Å². The third-order valence-corrected chi connectivity index (χ3v) is 7.57. The topological polar surface area (TPSA) is 93.1 Å². The van der Waals surface area contributed by atoms with E-state index in [1.165, 1.54) is 0 Å². The number of piperazine rings is 1. The molecule has 0 bridgehead atoms. The highest BCUT2D eigenvalue weighted by molar-refractivity contribution is 8.04. The first-order chi connectivity index (χ1) is 17.1. The first-order valence-electron chi connectivity index (χ1n) is 11.5. The quantitative estimate of drug-likeness (QED) is 0.567. The number of benzene rings is 2. The zero-order valence-electron chi connectivity index (χ0n) is 19.1. The van der Waals surface area contributed by atoms with Gasteiger partial charge in [-0.3, -0.25) is 9.59 Å². The van der Waals surface area contributed by atoms with Crippen LogP contribution in [0.4, 0.5) is 5.69 Å². The van der Waals surface area contributed by atoms with Crippen molar-refractivity contribution in [2.45, 2.75) is 13.0 Å². The van der Waals surface area contributed by atoms with Gasteiger partial charge < -0.3 is 14.4 Å². The number of aromatic nitrogens is 1. The molecule has 1 saturated heterocycles. The van der Waals surface area contributed by atoms with Crippen molar-refractivity contribution < 1.29 is 4.79 Å². The lowest BCUT2D eigenvalue weighted by atomic mass is 10.1. The van der Waals surface area contributed by atoms with Crippen molar-refractivity contribution >= 4 is 34.3 Å². The van der Waals surface area contributed by atoms with Gasteiger partial charge in [-0.2, -0.15) is 10.5 Å². The van der Waals surface area contributed by atoms with Crippen LogP contribution in [-0.2, 0) is 11.3 Å². The average molecular weight is 482 g/mol. The van der Waals surface area contributed by atoms with E-state index in [0.29, 0.717) is 44.0 Å². The monoisotopic (exact) mass is 481 g/mol. The number of pyridine rings is 1. The summed E-state index contributed by atoms with van der Waals surface area (Å²) in [5, 5.41) is 19.9. The molecular weight excluding hydrogens is 458 g/mol. The number of carbonyl (C=O) groups excluding carboxylic acids is 1. The van der Waals surface area contributed by atoms with E-state index in [1.54, 1.807) is 28.5 Å². The average Bonchev–Trinajstić information content (AvgIpc) is 3.45. The Morgan fingerprint density at radius 2 is 1.71 bits per heavy atom. The van der Waals surface area contributed by atoms with E-state index in [2.05, 4.69) is 17.0 Å². The van der Waals surface area contributed by atoms with Gasteiger partial charge in [0.15, 0.2) is 0 Å². The number of nitriles is 2. The van der Waals surface area contributed by atoms with Crippen LogP contribution in [0.5, 0.6) is 0 Å². The van der Waals surface area contributed by atoms with Crippen molar-refractivity contribution in [3.05, 3.63) is 86.6 Å². The molecular formula is C27H23N5O2S. The van der Waals surface area contributed by atoms with Crippen molar-refractivity contribution in [1.29, 1.82) is 10.5 Å². The molecule has 5 rings (SSSR count). The van der Waals surface area contributed by atoms with Gasteiger partial charge in [-0.15, -0.1) is 11.8 Å². The van der Waals surface area contributed by atoms with Crippen molar-refractivity contribution in [1.82, 2.24) is 9.47 Å². The van der Waals surface area contributed by atoms with Gasteiger partial charge in [0.05, 0.1) is 34.3 Å². The van der Waals surface area contributed by atoms with Gasteiger partial charge in [-0.05, 0) is 30.2 Å². The molecule has 35 heavy (non-hydrogen) atoms. The normalized spacial score (nSPS) is 15.5. The highest BCUT2D eigenvalue weighted by Crippen LogP contribution is 2.31. The number of anilines is 1. The fourth-order valence-corrected chi connectivity index (χ4v) is 5.64. The standard InChI is InChI=1S/C27H23N5O2S/c28-16-19-7-9-20(10-8-19)18-32-23-5-2-1-4-21(23)25(22(17-29)26(32)33)30-11-13-31(14-12-30)27(34)24-6-3-15-35-24/h1-2,4-10H,3,11-15,18H2. The van der Waals surface area contributed by atoms with Gasteiger partial charge in [0.2, 0.25) is 0 Å². The maximum absolute atomic E-state index is 13.5. The number of allylic oxidation sites excluding steroid dienone is 1. The van der Waals surface area contributed by atoms with E-state index >= 15 is 0 Å². The van der Waals surface area contributed by atoms with Crippen molar-refractivity contribution in [2.75, 3.05) is 36.8 Å². The van der Waals surface area contributed by atoms with Gasteiger partial charge in [0.1, 0.15) is 11.6 Å². The minimum Gasteiger partial charge on any atom is -0.366 e. The van der Waals surface area contributed by atoms with Crippen LogP contribution in [-0.4, -0.2) is 47.3 Å². The van der Waals surface area contributed by atoms with Crippen molar-refractivity contribution in [2.24, 2.45) is 0 Å². The zero-order chi connectivity index (χ0) is 24.4. The molecule has 3 heterocycles. The second kappa shape index (κ2) is 9.69. The lowest BCUT2D eigenvalue weighted by Crippen LogP contribution is -2.49. The SMILES string of the molecule is N#Cc1ccc(Cn2c(=O)c(C#N)c(N3CCN(C(=O)C4=CCCS4)CC3)c3ccccc32)cc1. The Kier molecular flexibility index (Phi) is 6.31. The van der Waals surface area contributed by atoms with Crippen LogP contribution in [0.25, 0.3) is 10.9 Å². The molecule has 2 aromatic carbocycles. The van der Waals surface area contributed by atoms with Gasteiger partial charge in [-0.25, -0.2) is 0 Å². The number of nitrogens with zero attached hydrogens (tertiary/aromatic N) is 5. The number of rotatable bonds is 4. The fraction of sp³-hybridized carbons (Fsp3) is 0.259. The number of hydrogen-bond acceptors (Lipinski definition) is 6. The van der Waals surface area contributed by atoms with E-state index < -0.39 is 0 Å². The number of carbonyl (C=O) groups is 1. The second-order valence-electron chi connectivity index (χ2n) is 8.54. The van der Waals surface area contributed by atoms with Crippen molar-refractivity contribution in [3.8, 4) is 12.1 Å². The van der Waals surface area contributed by atoms with E-state index in [0.717, 1.165) is 33.5 Å². The van der Waals surface area contributed by atoms with E-state index in [-0.39, 0.29) is 17.0 Å². The Morgan fingerprint density at radius 3 is 2.37 bits per heavy atom. The lowest BCUT2D eigenvalue weighted by molar-refractivity contribution is -0.126. The molecule has 1 amide bonds. The maximum Gasteiger partial charge on any atom is 0.271 e. The predicted molar refractivity (Wildman–Crippen MR) is 137 cm³/mol. The molecule has 0 N–H and O–H groups in total. The van der Waals surface area contributed by atoms with Crippen LogP contribution < -0.4 is 10.5 Å². The summed E-state index contributed by atoms with van der Waals surface area (Å²) in [6, 6.07) is 19.0. The molecule has 174 valence electrons. The summed E-state index contributed by atoms with van der Waals surface area (Å²) < 4.78 is 1.63. The molecule has 1 fully saturated rings. The minimum atomic E-state index is -0.337. The molecule has 0 atom stereocenters. The molecule has 7 nitrogen and oxygen atoms in total. The largest absolute Gasteiger partial charge is 0.366 e. The second-order valence-corrected chi connectivity index (χ2v) is 9.67. The van der Waals surface area contributed by atoms with Crippen LogP contribution >= 0.6 is 11.8 Å². The molecule has 0 spiro atoms. The Balaban J connectivity index is 1.49. The molecule has 2 aliphatic heterocycles. The molecule has 0 radical (unpaired) electrons. The lowest BCUT2D eigenvalue weighted by Gasteiger charge is -2.37. The predicted octanol–water partition coefficient (Wildman–Crippen LogP) is 3.46. The number of hydrogen-bond donors (Lipinski definition) is 0. The van der Waals surface area contributed by atoms with Gasteiger partial charge in [0.25, 0.3) is 11.5 Å². The number of fused-ring (bicyclic) bond motifs is 1. The third kappa shape index (κ3) is 4.29. The van der Waals surface area contributed by atoms with Crippen LogP contribution in [0.3, 0.4) is 0 Å². The summed E-state index contributed by atoms with van der Waals surface area (Å²) in [4.78, 5) is 31.1. The number of thioether (sulfide) groups is 1. The summed E-state index contributed by atoms with van der Waals surface area (Å²) in [6.07, 6.45) is 2.94. The maximum atomic E-state index is 13.5. The highest BCUT2D eigenvalue weighted by atomic mass is 32.2. The van der Waals surface area contributed by atoms with Crippen LogP contribution in [0.15, 0.2) is 64.3 Å². The summed E-state index contributed by atoms with van der Waals surface area (Å²) in [7, 11) is 0.